The van der Waals surface area contributed by atoms with Crippen molar-refractivity contribution in [2.45, 2.75) is 32.4 Å². The molecule has 1 heterocycles. The van der Waals surface area contributed by atoms with E-state index in [-0.39, 0.29) is 11.4 Å². The van der Waals surface area contributed by atoms with Gasteiger partial charge in [0.25, 0.3) is 0 Å². The van der Waals surface area contributed by atoms with E-state index < -0.39 is 0 Å². The Kier molecular flexibility index (Phi) is 3.79. The summed E-state index contributed by atoms with van der Waals surface area (Å²) in [5, 5.41) is 3.54. The summed E-state index contributed by atoms with van der Waals surface area (Å²) in [4.78, 5) is 2.44. The summed E-state index contributed by atoms with van der Waals surface area (Å²) in [6.07, 6.45) is 1.17. The number of halogens is 1. The van der Waals surface area contributed by atoms with Crippen LogP contribution in [0.1, 0.15) is 25.8 Å². The normalized spacial score (nSPS) is 21.1. The lowest BCUT2D eigenvalue weighted by molar-refractivity contribution is 0.224. The minimum absolute atomic E-state index is 0.161. The van der Waals surface area contributed by atoms with Crippen molar-refractivity contribution in [2.24, 2.45) is 0 Å². The van der Waals surface area contributed by atoms with Crippen molar-refractivity contribution in [1.29, 1.82) is 0 Å². The van der Waals surface area contributed by atoms with Crippen LogP contribution in [0.15, 0.2) is 24.3 Å². The predicted octanol–water partition coefficient (Wildman–Crippen LogP) is 2.40. The van der Waals surface area contributed by atoms with Crippen LogP contribution in [0.3, 0.4) is 0 Å². The van der Waals surface area contributed by atoms with Crippen LogP contribution in [0, 0.1) is 5.82 Å². The molecule has 17 heavy (non-hydrogen) atoms. The SMILES string of the molecule is CC1(C)CN(Cc2ccc(F)cc2)CCCN1. The molecular formula is C14H21FN2. The van der Waals surface area contributed by atoms with Crippen molar-refractivity contribution in [3.05, 3.63) is 35.6 Å². The average molecular weight is 236 g/mol. The maximum absolute atomic E-state index is 12.8. The van der Waals surface area contributed by atoms with E-state index in [4.69, 9.17) is 0 Å². The highest BCUT2D eigenvalue weighted by atomic mass is 19.1. The van der Waals surface area contributed by atoms with Crippen LogP contribution >= 0.6 is 0 Å². The molecule has 0 bridgehead atoms. The largest absolute Gasteiger partial charge is 0.310 e. The van der Waals surface area contributed by atoms with E-state index in [0.717, 1.165) is 26.2 Å². The molecule has 94 valence electrons. The molecule has 2 rings (SSSR count). The molecule has 1 saturated heterocycles. The summed E-state index contributed by atoms with van der Waals surface area (Å²) in [5.41, 5.74) is 1.35. The molecule has 0 amide bonds. The van der Waals surface area contributed by atoms with Gasteiger partial charge in [-0.15, -0.1) is 0 Å². The number of hydrogen-bond donors (Lipinski definition) is 1. The molecule has 1 aromatic carbocycles. The van der Waals surface area contributed by atoms with Crippen molar-refractivity contribution < 1.29 is 4.39 Å². The van der Waals surface area contributed by atoms with Crippen LogP contribution in [0.4, 0.5) is 4.39 Å². The first-order valence-electron chi connectivity index (χ1n) is 6.27. The maximum Gasteiger partial charge on any atom is 0.123 e. The zero-order valence-corrected chi connectivity index (χ0v) is 10.7. The summed E-state index contributed by atoms with van der Waals surface area (Å²) in [6, 6.07) is 6.83. The van der Waals surface area contributed by atoms with Crippen molar-refractivity contribution >= 4 is 0 Å². The molecule has 0 aliphatic carbocycles. The van der Waals surface area contributed by atoms with E-state index in [1.807, 2.05) is 12.1 Å². The third-order valence-electron chi connectivity index (χ3n) is 3.19. The minimum atomic E-state index is -0.161. The first-order valence-corrected chi connectivity index (χ1v) is 6.27. The molecule has 0 saturated carbocycles. The molecule has 3 heteroatoms. The molecule has 0 unspecified atom stereocenters. The molecule has 1 aliphatic rings. The zero-order chi connectivity index (χ0) is 12.3. The van der Waals surface area contributed by atoms with E-state index in [1.165, 1.54) is 24.1 Å². The molecule has 0 spiro atoms. The van der Waals surface area contributed by atoms with Gasteiger partial charge >= 0.3 is 0 Å². The maximum atomic E-state index is 12.8. The smallest absolute Gasteiger partial charge is 0.123 e. The Bertz CT molecular complexity index is 359. The van der Waals surface area contributed by atoms with Crippen molar-refractivity contribution in [1.82, 2.24) is 10.2 Å². The fraction of sp³-hybridized carbons (Fsp3) is 0.571. The van der Waals surface area contributed by atoms with Crippen LogP contribution in [0.5, 0.6) is 0 Å². The number of hydrogen-bond acceptors (Lipinski definition) is 2. The lowest BCUT2D eigenvalue weighted by Crippen LogP contribution is -2.46. The van der Waals surface area contributed by atoms with Gasteiger partial charge in [-0.2, -0.15) is 0 Å². The number of nitrogens with zero attached hydrogens (tertiary/aromatic N) is 1. The molecule has 2 nitrogen and oxygen atoms in total. The third kappa shape index (κ3) is 3.79. The molecule has 1 aromatic rings. The summed E-state index contributed by atoms with van der Waals surface area (Å²) < 4.78 is 12.8. The Balaban J connectivity index is 1.99. The predicted molar refractivity (Wildman–Crippen MR) is 68.4 cm³/mol. The fourth-order valence-electron chi connectivity index (χ4n) is 2.41. The van der Waals surface area contributed by atoms with Gasteiger partial charge in [0.1, 0.15) is 5.82 Å². The lowest BCUT2D eigenvalue weighted by atomic mass is 10.1. The standard InChI is InChI=1S/C14H21FN2/c1-14(2)11-17(9-3-8-16-14)10-12-4-6-13(15)7-5-12/h4-7,16H,3,8-11H2,1-2H3. The van der Waals surface area contributed by atoms with Crippen LogP contribution in [-0.4, -0.2) is 30.1 Å². The van der Waals surface area contributed by atoms with Crippen molar-refractivity contribution in [3.8, 4) is 0 Å². The van der Waals surface area contributed by atoms with Gasteiger partial charge in [0.2, 0.25) is 0 Å². The van der Waals surface area contributed by atoms with Crippen LogP contribution in [0.25, 0.3) is 0 Å². The Hall–Kier alpha value is -0.930. The molecule has 1 N–H and O–H groups in total. The Morgan fingerprint density at radius 2 is 2.00 bits per heavy atom. The van der Waals surface area contributed by atoms with Crippen LogP contribution < -0.4 is 5.32 Å². The number of nitrogens with one attached hydrogen (secondary N) is 1. The van der Waals surface area contributed by atoms with Gasteiger partial charge < -0.3 is 5.32 Å². The summed E-state index contributed by atoms with van der Waals surface area (Å²) in [7, 11) is 0. The first kappa shape index (κ1) is 12.5. The Morgan fingerprint density at radius 3 is 2.71 bits per heavy atom. The lowest BCUT2D eigenvalue weighted by Gasteiger charge is -2.30. The molecular weight excluding hydrogens is 215 g/mol. The van der Waals surface area contributed by atoms with E-state index in [1.54, 1.807) is 0 Å². The van der Waals surface area contributed by atoms with E-state index >= 15 is 0 Å². The average Bonchev–Trinajstić information content (AvgIpc) is 2.43. The number of rotatable bonds is 2. The van der Waals surface area contributed by atoms with E-state index in [9.17, 15) is 4.39 Å². The highest BCUT2D eigenvalue weighted by molar-refractivity contribution is 5.16. The highest BCUT2D eigenvalue weighted by Crippen LogP contribution is 2.14. The van der Waals surface area contributed by atoms with Gasteiger partial charge in [-0.25, -0.2) is 4.39 Å². The van der Waals surface area contributed by atoms with Crippen LogP contribution in [-0.2, 0) is 6.54 Å². The van der Waals surface area contributed by atoms with Gasteiger partial charge in [0.05, 0.1) is 0 Å². The molecule has 1 fully saturated rings. The molecule has 0 aromatic heterocycles. The fourth-order valence-corrected chi connectivity index (χ4v) is 2.41. The third-order valence-corrected chi connectivity index (χ3v) is 3.19. The minimum Gasteiger partial charge on any atom is -0.310 e. The molecule has 0 radical (unpaired) electrons. The van der Waals surface area contributed by atoms with Crippen molar-refractivity contribution in [2.75, 3.05) is 19.6 Å². The quantitative estimate of drug-likeness (QED) is 0.848. The summed E-state index contributed by atoms with van der Waals surface area (Å²) in [5.74, 6) is -0.161. The summed E-state index contributed by atoms with van der Waals surface area (Å²) in [6.45, 7) is 8.59. The zero-order valence-electron chi connectivity index (χ0n) is 10.7. The number of benzene rings is 1. The van der Waals surface area contributed by atoms with Gasteiger partial charge in [-0.1, -0.05) is 12.1 Å². The first-order chi connectivity index (χ1) is 8.05. The van der Waals surface area contributed by atoms with Crippen molar-refractivity contribution in [3.63, 3.8) is 0 Å². The van der Waals surface area contributed by atoms with E-state index in [2.05, 4.69) is 24.1 Å². The molecule has 0 atom stereocenters. The second-order valence-electron chi connectivity index (χ2n) is 5.50. The van der Waals surface area contributed by atoms with Crippen LogP contribution in [0.2, 0.25) is 0 Å². The van der Waals surface area contributed by atoms with Gasteiger partial charge in [0.15, 0.2) is 0 Å². The Morgan fingerprint density at radius 1 is 1.29 bits per heavy atom. The van der Waals surface area contributed by atoms with E-state index in [0.29, 0.717) is 0 Å². The van der Waals surface area contributed by atoms with Gasteiger partial charge in [-0.3, -0.25) is 4.90 Å². The Labute approximate surface area is 103 Å². The van der Waals surface area contributed by atoms with Gasteiger partial charge in [0, 0.05) is 18.6 Å². The monoisotopic (exact) mass is 236 g/mol. The topological polar surface area (TPSA) is 15.3 Å². The second-order valence-corrected chi connectivity index (χ2v) is 5.50. The second kappa shape index (κ2) is 5.15. The summed E-state index contributed by atoms with van der Waals surface area (Å²) >= 11 is 0. The van der Waals surface area contributed by atoms with Gasteiger partial charge in [-0.05, 0) is 51.1 Å². The molecule has 1 aliphatic heterocycles. The highest BCUT2D eigenvalue weighted by Gasteiger charge is 2.23.